The number of nitrogens with one attached hydrogen (secondary N) is 2. The van der Waals surface area contributed by atoms with Gasteiger partial charge in [0.05, 0.1) is 30.6 Å². The van der Waals surface area contributed by atoms with Gasteiger partial charge in [-0.05, 0) is 24.6 Å². The Morgan fingerprint density at radius 2 is 1.81 bits per heavy atom. The first kappa shape index (κ1) is 18.7. The van der Waals surface area contributed by atoms with Crippen LogP contribution in [0.3, 0.4) is 0 Å². The molecule has 0 radical (unpaired) electrons. The van der Waals surface area contributed by atoms with Gasteiger partial charge in [-0.2, -0.15) is 10.2 Å². The van der Waals surface area contributed by atoms with Gasteiger partial charge in [0.2, 0.25) is 0 Å². The number of halogens is 1. The Balaban J connectivity index is 1.57. The van der Waals surface area contributed by atoms with Gasteiger partial charge < -0.3 is 5.32 Å². The highest BCUT2D eigenvalue weighted by atomic mass is 35.5. The second-order valence-electron chi connectivity index (χ2n) is 5.95. The number of benzene rings is 2. The molecule has 0 aliphatic heterocycles. The van der Waals surface area contributed by atoms with Crippen LogP contribution in [0.15, 0.2) is 65.8 Å². The minimum atomic E-state index is -0.249. The van der Waals surface area contributed by atoms with E-state index in [-0.39, 0.29) is 12.5 Å². The van der Waals surface area contributed by atoms with E-state index < -0.39 is 0 Å². The highest BCUT2D eigenvalue weighted by Crippen LogP contribution is 2.19. The van der Waals surface area contributed by atoms with E-state index in [4.69, 9.17) is 11.6 Å². The maximum absolute atomic E-state index is 11.9. The second-order valence-corrected chi connectivity index (χ2v) is 6.30. The molecule has 7 heteroatoms. The zero-order chi connectivity index (χ0) is 19.1. The summed E-state index contributed by atoms with van der Waals surface area (Å²) in [7, 11) is 0. The quantitative estimate of drug-likeness (QED) is 0.486. The number of hydrazone groups is 1. The predicted molar refractivity (Wildman–Crippen MR) is 108 cm³/mol. The monoisotopic (exact) mass is 381 g/mol. The first-order valence-corrected chi connectivity index (χ1v) is 8.89. The van der Waals surface area contributed by atoms with Crippen molar-refractivity contribution in [3.8, 4) is 0 Å². The third-order valence-corrected chi connectivity index (χ3v) is 4.29. The van der Waals surface area contributed by atoms with Crippen molar-refractivity contribution in [3.63, 3.8) is 0 Å². The van der Waals surface area contributed by atoms with E-state index in [1.54, 1.807) is 4.68 Å². The van der Waals surface area contributed by atoms with Crippen molar-refractivity contribution < 1.29 is 4.79 Å². The molecule has 3 rings (SSSR count). The fourth-order valence-corrected chi connectivity index (χ4v) is 2.80. The average molecular weight is 382 g/mol. The largest absolute Gasteiger partial charge is 0.376 e. The molecular formula is C20H20ClN5O. The van der Waals surface area contributed by atoms with Crippen LogP contribution in [0.1, 0.15) is 16.8 Å². The topological polar surface area (TPSA) is 71.3 Å². The van der Waals surface area contributed by atoms with E-state index in [1.165, 1.54) is 6.21 Å². The smallest absolute Gasteiger partial charge is 0.259 e. The number of amides is 1. The Bertz CT molecular complexity index is 922. The van der Waals surface area contributed by atoms with Crippen LogP contribution < -0.4 is 10.7 Å². The summed E-state index contributed by atoms with van der Waals surface area (Å²) in [4.78, 5) is 11.9. The Hall–Kier alpha value is -3.12. The lowest BCUT2D eigenvalue weighted by atomic mass is 10.2. The van der Waals surface area contributed by atoms with Crippen molar-refractivity contribution in [1.82, 2.24) is 15.2 Å². The number of rotatable bonds is 7. The van der Waals surface area contributed by atoms with Gasteiger partial charge >= 0.3 is 0 Å². The molecule has 0 saturated heterocycles. The molecule has 0 unspecified atom stereocenters. The van der Waals surface area contributed by atoms with Crippen molar-refractivity contribution in [2.24, 2.45) is 5.10 Å². The summed E-state index contributed by atoms with van der Waals surface area (Å²) in [6.45, 7) is 2.55. The molecule has 0 bridgehead atoms. The molecule has 27 heavy (non-hydrogen) atoms. The zero-order valence-corrected chi connectivity index (χ0v) is 15.6. The number of hydrogen-bond acceptors (Lipinski definition) is 4. The molecule has 2 N–H and O–H groups in total. The lowest BCUT2D eigenvalue weighted by Gasteiger charge is -2.04. The summed E-state index contributed by atoms with van der Waals surface area (Å²) in [5.41, 5.74) is 5.89. The van der Waals surface area contributed by atoms with Crippen molar-refractivity contribution in [2.45, 2.75) is 13.5 Å². The van der Waals surface area contributed by atoms with E-state index in [2.05, 4.69) is 20.9 Å². The molecule has 1 aromatic heterocycles. The molecule has 138 valence electrons. The fraction of sp³-hybridized carbons (Fsp3) is 0.150. The van der Waals surface area contributed by atoms with Gasteiger partial charge in [0.1, 0.15) is 5.15 Å². The number of nitrogens with zero attached hydrogens (tertiary/aromatic N) is 3. The minimum absolute atomic E-state index is 0.126. The molecule has 0 fully saturated rings. The lowest BCUT2D eigenvalue weighted by Crippen LogP contribution is -2.25. The van der Waals surface area contributed by atoms with Crippen LogP contribution in [0.2, 0.25) is 5.15 Å². The summed E-state index contributed by atoms with van der Waals surface area (Å²) in [5, 5.41) is 11.9. The van der Waals surface area contributed by atoms with Crippen molar-refractivity contribution >= 4 is 29.4 Å². The standard InChI is InChI=1S/C20H20ClN5O/c1-15-18(20(21)26(25-15)14-16-8-4-2-5-9-16)12-23-24-19(27)13-22-17-10-6-3-7-11-17/h2-12,22H,13-14H2,1H3,(H,24,27)/b23-12+. The summed E-state index contributed by atoms with van der Waals surface area (Å²) in [6, 6.07) is 19.4. The second kappa shape index (κ2) is 9.00. The molecule has 0 spiro atoms. The Morgan fingerprint density at radius 1 is 1.15 bits per heavy atom. The Morgan fingerprint density at radius 3 is 2.52 bits per heavy atom. The first-order chi connectivity index (χ1) is 13.1. The SMILES string of the molecule is Cc1nn(Cc2ccccc2)c(Cl)c1/C=N/NC(=O)CNc1ccccc1. The molecule has 2 aromatic carbocycles. The number of anilines is 1. The highest BCUT2D eigenvalue weighted by molar-refractivity contribution is 6.32. The van der Waals surface area contributed by atoms with Crippen LogP contribution in [0.4, 0.5) is 5.69 Å². The zero-order valence-electron chi connectivity index (χ0n) is 14.9. The van der Waals surface area contributed by atoms with Gasteiger partial charge in [0.25, 0.3) is 5.91 Å². The third kappa shape index (κ3) is 5.18. The van der Waals surface area contributed by atoms with Gasteiger partial charge in [-0.15, -0.1) is 0 Å². The number of carbonyl (C=O) groups is 1. The molecule has 0 atom stereocenters. The molecule has 1 heterocycles. The van der Waals surface area contributed by atoms with Gasteiger partial charge in [-0.25, -0.2) is 10.1 Å². The normalized spacial score (nSPS) is 10.9. The lowest BCUT2D eigenvalue weighted by molar-refractivity contribution is -0.119. The van der Waals surface area contributed by atoms with E-state index in [0.717, 1.165) is 16.9 Å². The molecular weight excluding hydrogens is 362 g/mol. The maximum atomic E-state index is 11.9. The van der Waals surface area contributed by atoms with Crippen LogP contribution in [0, 0.1) is 6.92 Å². The Labute approximate surface area is 162 Å². The number of para-hydroxylation sites is 1. The summed E-state index contributed by atoms with van der Waals surface area (Å²) in [5.74, 6) is -0.249. The van der Waals surface area contributed by atoms with Crippen LogP contribution in [-0.2, 0) is 11.3 Å². The van der Waals surface area contributed by atoms with E-state index in [1.807, 2.05) is 67.6 Å². The average Bonchev–Trinajstić information content (AvgIpc) is 2.95. The van der Waals surface area contributed by atoms with Crippen LogP contribution in [-0.4, -0.2) is 28.4 Å². The number of carbonyl (C=O) groups excluding carboxylic acids is 1. The summed E-state index contributed by atoms with van der Waals surface area (Å²) < 4.78 is 1.71. The third-order valence-electron chi connectivity index (χ3n) is 3.89. The van der Waals surface area contributed by atoms with E-state index in [0.29, 0.717) is 17.3 Å². The van der Waals surface area contributed by atoms with Crippen LogP contribution in [0.25, 0.3) is 0 Å². The minimum Gasteiger partial charge on any atom is -0.376 e. The Kier molecular flexibility index (Phi) is 6.22. The van der Waals surface area contributed by atoms with Crippen molar-refractivity contribution in [2.75, 3.05) is 11.9 Å². The van der Waals surface area contributed by atoms with E-state index >= 15 is 0 Å². The van der Waals surface area contributed by atoms with Gasteiger partial charge in [-0.3, -0.25) is 4.79 Å². The summed E-state index contributed by atoms with van der Waals surface area (Å²) in [6.07, 6.45) is 1.52. The number of aryl methyl sites for hydroxylation is 1. The molecule has 0 aliphatic rings. The van der Waals surface area contributed by atoms with Crippen molar-refractivity contribution in [1.29, 1.82) is 0 Å². The maximum Gasteiger partial charge on any atom is 0.259 e. The highest BCUT2D eigenvalue weighted by Gasteiger charge is 2.12. The fourth-order valence-electron chi connectivity index (χ4n) is 2.52. The van der Waals surface area contributed by atoms with E-state index in [9.17, 15) is 4.79 Å². The number of aromatic nitrogens is 2. The molecule has 1 amide bonds. The first-order valence-electron chi connectivity index (χ1n) is 8.51. The number of hydrogen-bond donors (Lipinski definition) is 2. The van der Waals surface area contributed by atoms with Crippen LogP contribution in [0.5, 0.6) is 0 Å². The van der Waals surface area contributed by atoms with Crippen molar-refractivity contribution in [3.05, 3.63) is 82.6 Å². The molecule has 6 nitrogen and oxygen atoms in total. The van der Waals surface area contributed by atoms with Crippen LogP contribution >= 0.6 is 11.6 Å². The molecule has 3 aromatic rings. The van der Waals surface area contributed by atoms with Gasteiger partial charge in [-0.1, -0.05) is 60.1 Å². The predicted octanol–water partition coefficient (Wildman–Crippen LogP) is 3.46. The van der Waals surface area contributed by atoms with Gasteiger partial charge in [0, 0.05) is 5.69 Å². The molecule has 0 aliphatic carbocycles. The summed E-state index contributed by atoms with van der Waals surface area (Å²) >= 11 is 6.42. The van der Waals surface area contributed by atoms with Gasteiger partial charge in [0.15, 0.2) is 0 Å². The molecule has 0 saturated carbocycles.